The molecule has 2 aliphatic rings. The molecular formula is C23H18F3N5O3. The van der Waals surface area contributed by atoms with Gasteiger partial charge in [-0.15, -0.1) is 13.2 Å². The second kappa shape index (κ2) is 7.72. The number of nitrogen functional groups attached to an aromatic ring is 1. The van der Waals surface area contributed by atoms with Crippen LogP contribution in [0.2, 0.25) is 0 Å². The first-order valence-corrected chi connectivity index (χ1v) is 10.4. The number of benzene rings is 2. The van der Waals surface area contributed by atoms with Crippen molar-refractivity contribution in [3.05, 3.63) is 59.9 Å². The van der Waals surface area contributed by atoms with Crippen molar-refractivity contribution in [1.29, 1.82) is 0 Å². The molecule has 0 saturated carbocycles. The van der Waals surface area contributed by atoms with E-state index in [-0.39, 0.29) is 52.7 Å². The summed E-state index contributed by atoms with van der Waals surface area (Å²) < 4.78 is 41.3. The van der Waals surface area contributed by atoms with Crippen LogP contribution in [0.15, 0.2) is 48.8 Å². The number of anilines is 1. The molecule has 0 spiro atoms. The average Bonchev–Trinajstić information content (AvgIpc) is 3.36. The van der Waals surface area contributed by atoms with Gasteiger partial charge in [-0.05, 0) is 36.2 Å². The highest BCUT2D eigenvalue weighted by Gasteiger charge is 2.40. The topological polar surface area (TPSA) is 110 Å². The van der Waals surface area contributed by atoms with Crippen LogP contribution >= 0.6 is 0 Å². The summed E-state index contributed by atoms with van der Waals surface area (Å²) in [6.45, 7) is 0.103. The van der Waals surface area contributed by atoms with Crippen LogP contribution in [-0.2, 0) is 22.4 Å². The third-order valence-corrected chi connectivity index (χ3v) is 6.02. The van der Waals surface area contributed by atoms with E-state index in [4.69, 9.17) is 5.73 Å². The molecule has 11 heteroatoms. The Balaban J connectivity index is 1.54. The van der Waals surface area contributed by atoms with Crippen LogP contribution in [0.3, 0.4) is 0 Å². The lowest BCUT2D eigenvalue weighted by Gasteiger charge is -2.29. The molecule has 5 rings (SSSR count). The maximum Gasteiger partial charge on any atom is 0.490 e. The van der Waals surface area contributed by atoms with E-state index in [0.717, 1.165) is 6.33 Å². The molecule has 2 aromatic carbocycles. The number of nitrogens with two attached hydrogens (primary N) is 1. The van der Waals surface area contributed by atoms with Crippen molar-refractivity contribution in [2.24, 2.45) is 0 Å². The minimum absolute atomic E-state index is 0.0943. The zero-order chi connectivity index (χ0) is 24.2. The maximum atomic E-state index is 13.7. The number of nitrogens with zero attached hydrogens (tertiary/aromatic N) is 3. The molecule has 1 aromatic heterocycles. The Bertz CT molecular complexity index is 1330. The lowest BCUT2D eigenvalue weighted by Crippen LogP contribution is -2.52. The third-order valence-electron chi connectivity index (χ3n) is 6.02. The number of halogens is 3. The zero-order valence-electron chi connectivity index (χ0n) is 17.6. The van der Waals surface area contributed by atoms with Crippen molar-refractivity contribution < 1.29 is 27.6 Å². The van der Waals surface area contributed by atoms with Crippen molar-refractivity contribution in [3.63, 3.8) is 0 Å². The van der Waals surface area contributed by atoms with Gasteiger partial charge in [-0.2, -0.15) is 0 Å². The smallest absolute Gasteiger partial charge is 0.399 e. The first-order chi connectivity index (χ1) is 16.1. The number of imide groups is 1. The first kappa shape index (κ1) is 21.7. The normalized spacial score (nSPS) is 18.3. The Morgan fingerprint density at radius 2 is 1.74 bits per heavy atom. The van der Waals surface area contributed by atoms with Crippen LogP contribution in [0.25, 0.3) is 22.5 Å². The summed E-state index contributed by atoms with van der Waals surface area (Å²) in [4.78, 5) is 42.0. The van der Waals surface area contributed by atoms with Crippen LogP contribution in [0, 0.1) is 0 Å². The number of carbonyl (C=O) groups is 3. The van der Waals surface area contributed by atoms with Crippen molar-refractivity contribution in [3.8, 4) is 22.5 Å². The van der Waals surface area contributed by atoms with E-state index in [0.29, 0.717) is 22.4 Å². The molecule has 3 heterocycles. The summed E-state index contributed by atoms with van der Waals surface area (Å²) >= 11 is 0. The van der Waals surface area contributed by atoms with Crippen molar-refractivity contribution in [2.75, 3.05) is 5.73 Å². The zero-order valence-corrected chi connectivity index (χ0v) is 17.6. The molecule has 1 fully saturated rings. The minimum atomic E-state index is -4.70. The predicted molar refractivity (Wildman–Crippen MR) is 115 cm³/mol. The van der Waals surface area contributed by atoms with Crippen LogP contribution in [0.1, 0.15) is 28.8 Å². The second-order valence-corrected chi connectivity index (χ2v) is 8.17. The molecule has 3 aromatic rings. The maximum absolute atomic E-state index is 13.7. The molecule has 0 bridgehead atoms. The van der Waals surface area contributed by atoms with Gasteiger partial charge >= 0.3 is 6.30 Å². The average molecular weight is 469 g/mol. The van der Waals surface area contributed by atoms with E-state index in [1.807, 2.05) is 0 Å². The molecule has 1 unspecified atom stereocenters. The number of fused-ring (bicyclic) bond motifs is 1. The number of imidazole rings is 1. The molecule has 1 saturated heterocycles. The highest BCUT2D eigenvalue weighted by atomic mass is 19.4. The van der Waals surface area contributed by atoms with Gasteiger partial charge in [-0.25, -0.2) is 9.55 Å². The van der Waals surface area contributed by atoms with Gasteiger partial charge in [0.15, 0.2) is 0 Å². The molecule has 3 N–H and O–H groups in total. The minimum Gasteiger partial charge on any atom is -0.399 e. The fourth-order valence-corrected chi connectivity index (χ4v) is 4.39. The standard InChI is InChI=1S/C23H18F3N5O3/c24-23(25,26)31-11-28-19(20(31)12-1-4-15(27)5-2-12)13-3-6-16-14(9-13)10-30(22(16)34)17-7-8-18(32)29-21(17)33/h1-6,9,11,17H,7-8,10,27H2,(H,29,32,33). The molecule has 0 radical (unpaired) electrons. The van der Waals surface area contributed by atoms with Gasteiger partial charge < -0.3 is 10.6 Å². The van der Waals surface area contributed by atoms with Gasteiger partial charge in [0.05, 0.1) is 11.4 Å². The number of hydrogen-bond donors (Lipinski definition) is 2. The van der Waals surface area contributed by atoms with Gasteiger partial charge in [-0.1, -0.05) is 18.2 Å². The van der Waals surface area contributed by atoms with E-state index in [2.05, 4.69) is 10.3 Å². The number of aromatic nitrogens is 2. The predicted octanol–water partition coefficient (Wildman–Crippen LogP) is 3.04. The molecule has 3 amide bonds. The van der Waals surface area contributed by atoms with E-state index in [9.17, 15) is 27.6 Å². The number of hydrogen-bond acceptors (Lipinski definition) is 5. The van der Waals surface area contributed by atoms with Gasteiger partial charge in [0.25, 0.3) is 5.91 Å². The largest absolute Gasteiger partial charge is 0.490 e. The summed E-state index contributed by atoms with van der Waals surface area (Å²) in [5, 5.41) is 2.24. The highest BCUT2D eigenvalue weighted by molar-refractivity contribution is 6.05. The number of amides is 3. The second-order valence-electron chi connectivity index (χ2n) is 8.17. The molecular weight excluding hydrogens is 451 g/mol. The van der Waals surface area contributed by atoms with Crippen molar-refractivity contribution >= 4 is 23.4 Å². The SMILES string of the molecule is Nc1ccc(-c2c(-c3ccc4c(c3)CN(C3CCC(=O)NC3=O)C4=O)ncn2C(F)(F)F)cc1. The molecule has 8 nitrogen and oxygen atoms in total. The summed E-state index contributed by atoms with van der Waals surface area (Å²) in [5.41, 5.74) is 7.64. The number of piperidine rings is 1. The van der Waals surface area contributed by atoms with Crippen LogP contribution in [-0.4, -0.2) is 38.2 Å². The quantitative estimate of drug-likeness (QED) is 0.453. The Labute approximate surface area is 191 Å². The lowest BCUT2D eigenvalue weighted by atomic mass is 10.0. The van der Waals surface area contributed by atoms with E-state index in [1.165, 1.54) is 41.3 Å². The summed E-state index contributed by atoms with van der Waals surface area (Å²) in [5.74, 6) is -1.29. The molecule has 174 valence electrons. The van der Waals surface area contributed by atoms with Crippen molar-refractivity contribution in [2.45, 2.75) is 31.7 Å². The Morgan fingerprint density at radius 1 is 1.03 bits per heavy atom. The molecule has 0 aliphatic carbocycles. The number of nitrogens with one attached hydrogen (secondary N) is 1. The number of rotatable bonds is 3. The Kier molecular flexibility index (Phi) is 4.92. The van der Waals surface area contributed by atoms with Gasteiger partial charge in [0, 0.05) is 35.3 Å². The van der Waals surface area contributed by atoms with Gasteiger partial charge in [0.1, 0.15) is 12.4 Å². The van der Waals surface area contributed by atoms with Gasteiger partial charge in [-0.3, -0.25) is 19.7 Å². The highest BCUT2D eigenvalue weighted by Crippen LogP contribution is 2.38. The van der Waals surface area contributed by atoms with Gasteiger partial charge in [0.2, 0.25) is 11.8 Å². The number of alkyl halides is 3. The Morgan fingerprint density at radius 3 is 2.41 bits per heavy atom. The first-order valence-electron chi connectivity index (χ1n) is 10.4. The summed E-state index contributed by atoms with van der Waals surface area (Å²) in [6, 6.07) is 9.88. The van der Waals surface area contributed by atoms with E-state index in [1.54, 1.807) is 6.07 Å². The molecule has 2 aliphatic heterocycles. The van der Waals surface area contributed by atoms with Crippen LogP contribution < -0.4 is 11.1 Å². The summed E-state index contributed by atoms with van der Waals surface area (Å²) in [7, 11) is 0. The van der Waals surface area contributed by atoms with Crippen LogP contribution in [0.5, 0.6) is 0 Å². The lowest BCUT2D eigenvalue weighted by molar-refractivity contribution is -0.202. The van der Waals surface area contributed by atoms with E-state index >= 15 is 0 Å². The Hall–Kier alpha value is -4.15. The summed E-state index contributed by atoms with van der Waals surface area (Å²) in [6.07, 6.45) is -3.64. The number of carbonyl (C=O) groups excluding carboxylic acids is 3. The monoisotopic (exact) mass is 469 g/mol. The third kappa shape index (κ3) is 3.58. The fraction of sp³-hybridized carbons (Fsp3) is 0.217. The molecule has 34 heavy (non-hydrogen) atoms. The molecule has 1 atom stereocenters. The van der Waals surface area contributed by atoms with Crippen LogP contribution in [0.4, 0.5) is 18.9 Å². The fourth-order valence-electron chi connectivity index (χ4n) is 4.39. The van der Waals surface area contributed by atoms with Crippen molar-refractivity contribution in [1.82, 2.24) is 19.8 Å². The van der Waals surface area contributed by atoms with E-state index < -0.39 is 18.2 Å².